The average molecular weight is 247 g/mol. The Bertz CT molecular complexity index is 467. The Morgan fingerprint density at radius 1 is 1.22 bits per heavy atom. The van der Waals surface area contributed by atoms with Gasteiger partial charge in [0.25, 0.3) is 0 Å². The van der Waals surface area contributed by atoms with E-state index in [1.165, 1.54) is 0 Å². The lowest BCUT2D eigenvalue weighted by atomic mass is 10.1. The molecule has 1 fully saturated rings. The van der Waals surface area contributed by atoms with Crippen molar-refractivity contribution in [3.05, 3.63) is 35.9 Å². The van der Waals surface area contributed by atoms with Gasteiger partial charge in [-0.2, -0.15) is 0 Å². The lowest BCUT2D eigenvalue weighted by molar-refractivity contribution is -0.140. The van der Waals surface area contributed by atoms with E-state index in [0.717, 1.165) is 5.56 Å². The first kappa shape index (κ1) is 12.6. The number of benzene rings is 1. The van der Waals surface area contributed by atoms with E-state index in [1.807, 2.05) is 44.2 Å². The van der Waals surface area contributed by atoms with Crippen LogP contribution in [0.2, 0.25) is 0 Å². The first-order valence-electron chi connectivity index (χ1n) is 5.99. The molecule has 0 spiro atoms. The van der Waals surface area contributed by atoms with Crippen molar-refractivity contribution in [2.75, 3.05) is 0 Å². The van der Waals surface area contributed by atoms with Crippen molar-refractivity contribution in [3.63, 3.8) is 0 Å². The fourth-order valence-corrected chi connectivity index (χ4v) is 2.48. The highest BCUT2D eigenvalue weighted by atomic mass is 16.4. The summed E-state index contributed by atoms with van der Waals surface area (Å²) in [5.74, 6) is -2.04. The van der Waals surface area contributed by atoms with Crippen LogP contribution in [0.5, 0.6) is 0 Å². The molecule has 0 saturated heterocycles. The second kappa shape index (κ2) is 4.44. The van der Waals surface area contributed by atoms with Crippen molar-refractivity contribution in [2.45, 2.75) is 20.4 Å². The Labute approximate surface area is 106 Å². The van der Waals surface area contributed by atoms with Crippen molar-refractivity contribution in [1.82, 2.24) is 5.32 Å². The van der Waals surface area contributed by atoms with E-state index in [2.05, 4.69) is 5.32 Å². The van der Waals surface area contributed by atoms with Crippen LogP contribution in [0.1, 0.15) is 19.4 Å². The number of carbonyl (C=O) groups is 2. The quantitative estimate of drug-likeness (QED) is 0.850. The highest BCUT2D eigenvalue weighted by Crippen LogP contribution is 2.58. The Kier molecular flexibility index (Phi) is 3.11. The lowest BCUT2D eigenvalue weighted by Crippen LogP contribution is -2.26. The van der Waals surface area contributed by atoms with Gasteiger partial charge in [-0.25, -0.2) is 0 Å². The molecule has 0 unspecified atom stereocenters. The molecule has 0 aromatic heterocycles. The number of nitrogens with one attached hydrogen (secondary N) is 1. The zero-order chi connectivity index (χ0) is 13.3. The molecule has 4 heteroatoms. The third-order valence-electron chi connectivity index (χ3n) is 3.69. The molecule has 2 atom stereocenters. The zero-order valence-electron chi connectivity index (χ0n) is 10.5. The fraction of sp³-hybridized carbons (Fsp3) is 0.429. The minimum Gasteiger partial charge on any atom is -0.481 e. The van der Waals surface area contributed by atoms with E-state index in [4.69, 9.17) is 5.11 Å². The number of rotatable bonds is 4. The molecule has 18 heavy (non-hydrogen) atoms. The molecule has 2 N–H and O–H groups in total. The number of carboxylic acids is 1. The summed E-state index contributed by atoms with van der Waals surface area (Å²) < 4.78 is 0. The number of aliphatic carboxylic acids is 1. The first-order chi connectivity index (χ1) is 8.44. The highest BCUT2D eigenvalue weighted by Gasteiger charge is 2.65. The topological polar surface area (TPSA) is 66.4 Å². The van der Waals surface area contributed by atoms with Gasteiger partial charge in [-0.15, -0.1) is 0 Å². The normalized spacial score (nSPS) is 24.3. The number of hydrogen-bond acceptors (Lipinski definition) is 2. The summed E-state index contributed by atoms with van der Waals surface area (Å²) in [5, 5.41) is 11.8. The molecule has 96 valence electrons. The second-order valence-electron chi connectivity index (χ2n) is 5.32. The molecular weight excluding hydrogens is 230 g/mol. The predicted octanol–water partition coefficient (Wildman–Crippen LogP) is 1.66. The van der Waals surface area contributed by atoms with Crippen molar-refractivity contribution in [3.8, 4) is 0 Å². The smallest absolute Gasteiger partial charge is 0.307 e. The molecule has 0 aliphatic heterocycles. The molecule has 1 aromatic carbocycles. The zero-order valence-corrected chi connectivity index (χ0v) is 10.5. The van der Waals surface area contributed by atoms with E-state index in [0.29, 0.717) is 6.54 Å². The van der Waals surface area contributed by atoms with Crippen molar-refractivity contribution >= 4 is 11.9 Å². The number of hydrogen-bond donors (Lipinski definition) is 2. The molecular formula is C14H17NO3. The molecule has 0 heterocycles. The van der Waals surface area contributed by atoms with E-state index in [-0.39, 0.29) is 5.91 Å². The maximum Gasteiger partial charge on any atom is 0.307 e. The van der Waals surface area contributed by atoms with Crippen LogP contribution in [0, 0.1) is 17.3 Å². The van der Waals surface area contributed by atoms with Crippen molar-refractivity contribution < 1.29 is 14.7 Å². The Morgan fingerprint density at radius 2 is 1.83 bits per heavy atom. The third kappa shape index (κ3) is 2.23. The van der Waals surface area contributed by atoms with Crippen LogP contribution in [-0.2, 0) is 16.1 Å². The lowest BCUT2D eigenvalue weighted by Gasteiger charge is -2.05. The SMILES string of the molecule is CC1(C)[C@H](C(=O)O)[C@@H]1C(=O)NCc1ccccc1. The van der Waals surface area contributed by atoms with Crippen LogP contribution in [0.4, 0.5) is 0 Å². The molecule has 0 bridgehead atoms. The molecule has 2 rings (SSSR count). The van der Waals surface area contributed by atoms with E-state index >= 15 is 0 Å². The van der Waals surface area contributed by atoms with E-state index in [9.17, 15) is 9.59 Å². The molecule has 0 radical (unpaired) electrons. The van der Waals surface area contributed by atoms with E-state index < -0.39 is 23.2 Å². The summed E-state index contributed by atoms with van der Waals surface area (Å²) in [6.07, 6.45) is 0. The summed E-state index contributed by atoms with van der Waals surface area (Å²) in [6.45, 7) is 4.08. The van der Waals surface area contributed by atoms with Crippen molar-refractivity contribution in [1.29, 1.82) is 0 Å². The van der Waals surface area contributed by atoms with Gasteiger partial charge in [-0.05, 0) is 11.0 Å². The van der Waals surface area contributed by atoms with Gasteiger partial charge < -0.3 is 10.4 Å². The van der Waals surface area contributed by atoms with Gasteiger partial charge in [0.2, 0.25) is 5.91 Å². The van der Waals surface area contributed by atoms with Crippen LogP contribution < -0.4 is 5.32 Å². The monoisotopic (exact) mass is 247 g/mol. The highest BCUT2D eigenvalue weighted by molar-refractivity contribution is 5.91. The number of amides is 1. The molecule has 4 nitrogen and oxygen atoms in total. The van der Waals surface area contributed by atoms with Gasteiger partial charge in [0, 0.05) is 6.54 Å². The van der Waals surface area contributed by atoms with Crippen LogP contribution in [0.15, 0.2) is 30.3 Å². The summed E-state index contributed by atoms with van der Waals surface area (Å²) in [6, 6.07) is 9.57. The molecule has 1 amide bonds. The average Bonchev–Trinajstić information content (AvgIpc) is 2.91. The molecule has 1 aliphatic carbocycles. The van der Waals surface area contributed by atoms with E-state index in [1.54, 1.807) is 0 Å². The minimum atomic E-state index is -0.889. The second-order valence-corrected chi connectivity index (χ2v) is 5.32. The maximum atomic E-state index is 11.9. The molecule has 1 aromatic rings. The van der Waals surface area contributed by atoms with Gasteiger partial charge in [-0.3, -0.25) is 9.59 Å². The largest absolute Gasteiger partial charge is 0.481 e. The third-order valence-corrected chi connectivity index (χ3v) is 3.69. The van der Waals surface area contributed by atoms with Crippen LogP contribution in [0.25, 0.3) is 0 Å². The standard InChI is InChI=1S/C14H17NO3/c1-14(2)10(11(14)13(17)18)12(16)15-8-9-6-4-3-5-7-9/h3-7,10-11H,8H2,1-2H3,(H,15,16)(H,17,18)/t10-,11+/m1/s1. The molecule has 1 aliphatic rings. The fourth-order valence-electron chi connectivity index (χ4n) is 2.48. The van der Waals surface area contributed by atoms with Crippen LogP contribution in [-0.4, -0.2) is 17.0 Å². The minimum absolute atomic E-state index is 0.170. The van der Waals surface area contributed by atoms with Gasteiger partial charge in [0.05, 0.1) is 11.8 Å². The summed E-state index contributed by atoms with van der Waals surface area (Å²) >= 11 is 0. The van der Waals surface area contributed by atoms with Gasteiger partial charge in [0.15, 0.2) is 0 Å². The first-order valence-corrected chi connectivity index (χ1v) is 5.99. The number of carboxylic acid groups (broad SMARTS) is 1. The van der Waals surface area contributed by atoms with Gasteiger partial charge >= 0.3 is 5.97 Å². The van der Waals surface area contributed by atoms with Gasteiger partial charge in [0.1, 0.15) is 0 Å². The summed E-state index contributed by atoms with van der Waals surface area (Å²) in [5.41, 5.74) is 0.572. The number of carbonyl (C=O) groups excluding carboxylic acids is 1. The predicted molar refractivity (Wildman–Crippen MR) is 66.7 cm³/mol. The van der Waals surface area contributed by atoms with Crippen LogP contribution in [0.3, 0.4) is 0 Å². The van der Waals surface area contributed by atoms with Crippen molar-refractivity contribution in [2.24, 2.45) is 17.3 Å². The van der Waals surface area contributed by atoms with Gasteiger partial charge in [-0.1, -0.05) is 44.2 Å². The summed E-state index contributed by atoms with van der Waals surface area (Å²) in [4.78, 5) is 22.9. The Morgan fingerprint density at radius 3 is 2.33 bits per heavy atom. The maximum absolute atomic E-state index is 11.9. The Hall–Kier alpha value is -1.84. The van der Waals surface area contributed by atoms with Crippen LogP contribution >= 0.6 is 0 Å². The summed E-state index contributed by atoms with van der Waals surface area (Å²) in [7, 11) is 0. The molecule has 1 saturated carbocycles. The Balaban J connectivity index is 1.93.